The van der Waals surface area contributed by atoms with Gasteiger partial charge in [-0.1, -0.05) is 167 Å². The monoisotopic (exact) mass is 732 g/mol. The third kappa shape index (κ3) is 36.5. The Morgan fingerprint density at radius 2 is 1.02 bits per heavy atom. The van der Waals surface area contributed by atoms with E-state index in [4.69, 9.17) is 24.3 Å². The molecule has 9 nitrogen and oxygen atoms in total. The molecule has 10 heteroatoms. The normalized spacial score (nSPS) is 13.2. The number of carbonyl (C=O) groups is 2. The van der Waals surface area contributed by atoms with Crippen LogP contribution in [0.5, 0.6) is 0 Å². The number of nitrogens with two attached hydrogens (primary N) is 1. The zero-order valence-corrected chi connectivity index (χ0v) is 33.1. The van der Waals surface area contributed by atoms with Crippen LogP contribution in [0.4, 0.5) is 0 Å². The minimum Gasteiger partial charge on any atom is -0.462 e. The van der Waals surface area contributed by atoms with Gasteiger partial charge in [0, 0.05) is 19.4 Å². The Balaban J connectivity index is 4.13. The molecule has 0 radical (unpaired) electrons. The number of phosphoric acid groups is 1. The molecule has 0 aliphatic carbocycles. The summed E-state index contributed by atoms with van der Waals surface area (Å²) in [4.78, 5) is 34.8. The summed E-state index contributed by atoms with van der Waals surface area (Å²) in [6.45, 7) is 5.27. The first-order chi connectivity index (χ1) is 24.3. The quantitative estimate of drug-likeness (QED) is 0.0273. The van der Waals surface area contributed by atoms with Crippen LogP contribution in [-0.2, 0) is 32.7 Å². The molecule has 0 spiro atoms. The van der Waals surface area contributed by atoms with E-state index in [9.17, 15) is 19.0 Å². The highest BCUT2D eigenvalue weighted by Crippen LogP contribution is 2.43. The summed E-state index contributed by atoms with van der Waals surface area (Å²) in [5.41, 5.74) is 5.34. The van der Waals surface area contributed by atoms with Crippen molar-refractivity contribution in [3.05, 3.63) is 12.7 Å². The van der Waals surface area contributed by atoms with Gasteiger partial charge in [0.2, 0.25) is 0 Å². The fraction of sp³-hybridized carbons (Fsp3) is 0.900. The van der Waals surface area contributed by atoms with E-state index in [2.05, 4.69) is 13.5 Å². The van der Waals surface area contributed by atoms with Gasteiger partial charge in [0.1, 0.15) is 6.61 Å². The zero-order chi connectivity index (χ0) is 36.8. The largest absolute Gasteiger partial charge is 0.472 e. The summed E-state index contributed by atoms with van der Waals surface area (Å²) in [5, 5.41) is 0. The first-order valence-electron chi connectivity index (χ1n) is 20.6. The fourth-order valence-corrected chi connectivity index (χ4v) is 6.73. The predicted molar refractivity (Wildman–Crippen MR) is 206 cm³/mol. The van der Waals surface area contributed by atoms with Gasteiger partial charge in [-0.25, -0.2) is 4.57 Å². The van der Waals surface area contributed by atoms with Crippen LogP contribution in [0.3, 0.4) is 0 Å². The van der Waals surface area contributed by atoms with E-state index in [-0.39, 0.29) is 38.6 Å². The number of esters is 2. The molecule has 0 aromatic heterocycles. The highest BCUT2D eigenvalue weighted by atomic mass is 31.2. The number of phosphoric ester groups is 1. The first kappa shape index (κ1) is 48.8. The number of rotatable bonds is 40. The van der Waals surface area contributed by atoms with Crippen LogP contribution in [0.1, 0.15) is 200 Å². The van der Waals surface area contributed by atoms with Gasteiger partial charge in [-0.3, -0.25) is 18.6 Å². The van der Waals surface area contributed by atoms with Gasteiger partial charge in [-0.2, -0.15) is 0 Å². The van der Waals surface area contributed by atoms with Crippen molar-refractivity contribution in [3.63, 3.8) is 0 Å². The van der Waals surface area contributed by atoms with E-state index in [1.54, 1.807) is 0 Å². The molecule has 0 bridgehead atoms. The molecule has 0 aliphatic heterocycles. The van der Waals surface area contributed by atoms with Crippen molar-refractivity contribution >= 4 is 19.8 Å². The van der Waals surface area contributed by atoms with Crippen molar-refractivity contribution in [2.75, 3.05) is 26.4 Å². The topological polar surface area (TPSA) is 134 Å². The Morgan fingerprint density at radius 3 is 1.44 bits per heavy atom. The molecule has 1 unspecified atom stereocenters. The molecule has 0 aliphatic rings. The lowest BCUT2D eigenvalue weighted by Gasteiger charge is -2.19. The lowest BCUT2D eigenvalue weighted by molar-refractivity contribution is -0.161. The van der Waals surface area contributed by atoms with Crippen LogP contribution >= 0.6 is 7.82 Å². The Kier molecular flexibility index (Phi) is 36.6. The van der Waals surface area contributed by atoms with E-state index < -0.39 is 26.5 Å². The van der Waals surface area contributed by atoms with Crippen molar-refractivity contribution in [2.45, 2.75) is 206 Å². The van der Waals surface area contributed by atoms with Gasteiger partial charge in [-0.15, -0.1) is 6.58 Å². The van der Waals surface area contributed by atoms with E-state index in [0.29, 0.717) is 6.42 Å². The Bertz CT molecular complexity index is 827. The highest BCUT2D eigenvalue weighted by Gasteiger charge is 2.26. The SMILES string of the molecule is C=CCCCCCCCCCCCCCCCC(=O)OC[C@H](COP(=O)(O)OCCN)OC(=O)CCCCCCCCCCCCCCCC. The van der Waals surface area contributed by atoms with Gasteiger partial charge in [0.05, 0.1) is 13.2 Å². The van der Waals surface area contributed by atoms with Crippen LogP contribution in [0, 0.1) is 0 Å². The first-order valence-corrected chi connectivity index (χ1v) is 22.1. The number of unbranched alkanes of at least 4 members (excludes halogenated alkanes) is 26. The van der Waals surface area contributed by atoms with E-state index >= 15 is 0 Å². The molecule has 0 heterocycles. The van der Waals surface area contributed by atoms with Crippen LogP contribution in [0.2, 0.25) is 0 Å². The van der Waals surface area contributed by atoms with Crippen LogP contribution in [0.15, 0.2) is 12.7 Å². The lowest BCUT2D eigenvalue weighted by atomic mass is 10.0. The minimum absolute atomic E-state index is 0.0559. The van der Waals surface area contributed by atoms with Crippen molar-refractivity contribution < 1.29 is 37.6 Å². The summed E-state index contributed by atoms with van der Waals surface area (Å²) >= 11 is 0. The number of hydrogen-bond donors (Lipinski definition) is 2. The van der Waals surface area contributed by atoms with Gasteiger partial charge in [0.15, 0.2) is 6.10 Å². The van der Waals surface area contributed by atoms with Gasteiger partial charge in [-0.05, 0) is 25.7 Å². The molecular weight excluding hydrogens is 653 g/mol. The van der Waals surface area contributed by atoms with Gasteiger partial charge in [0.25, 0.3) is 0 Å². The highest BCUT2D eigenvalue weighted by molar-refractivity contribution is 7.47. The molecule has 296 valence electrons. The van der Waals surface area contributed by atoms with E-state index in [1.807, 2.05) is 6.08 Å². The van der Waals surface area contributed by atoms with E-state index in [0.717, 1.165) is 38.5 Å². The maximum atomic E-state index is 12.5. The van der Waals surface area contributed by atoms with Crippen LogP contribution in [-0.4, -0.2) is 49.3 Å². The van der Waals surface area contributed by atoms with Crippen molar-refractivity contribution in [1.82, 2.24) is 0 Å². The van der Waals surface area contributed by atoms with E-state index in [1.165, 1.54) is 135 Å². The molecular formula is C40H78NO8P. The summed E-state index contributed by atoms with van der Waals surface area (Å²) in [5.74, 6) is -0.822. The molecule has 0 aromatic carbocycles. The number of allylic oxidation sites excluding steroid dienone is 1. The van der Waals surface area contributed by atoms with Gasteiger partial charge >= 0.3 is 19.8 Å². The number of hydrogen-bond acceptors (Lipinski definition) is 8. The standard InChI is InChI=1S/C40H78NO8P/c1-3-5-7-9-11-13-15-17-19-21-22-24-26-28-30-32-39(42)46-36-38(37-48-50(44,45)47-35-34-41)49-40(43)33-31-29-27-25-23-20-18-16-14-12-10-8-6-4-2/h3,38H,1,4-37,41H2,2H3,(H,44,45)/t38-/m1/s1. The average molecular weight is 732 g/mol. The third-order valence-corrected chi connectivity index (χ3v) is 10.0. The molecule has 3 N–H and O–H groups in total. The lowest BCUT2D eigenvalue weighted by Crippen LogP contribution is -2.29. The second-order valence-electron chi connectivity index (χ2n) is 14.0. The maximum absolute atomic E-state index is 12.5. The Morgan fingerprint density at radius 1 is 0.620 bits per heavy atom. The Labute approximate surface area is 307 Å². The van der Waals surface area contributed by atoms with Crippen molar-refractivity contribution in [3.8, 4) is 0 Å². The Hall–Kier alpha value is -1.25. The molecule has 0 saturated carbocycles. The smallest absolute Gasteiger partial charge is 0.462 e. The van der Waals surface area contributed by atoms with Crippen molar-refractivity contribution in [1.29, 1.82) is 0 Å². The number of ether oxygens (including phenoxy) is 2. The number of carbonyl (C=O) groups excluding carboxylic acids is 2. The second kappa shape index (κ2) is 37.5. The van der Waals surface area contributed by atoms with Crippen LogP contribution in [0.25, 0.3) is 0 Å². The predicted octanol–water partition coefficient (Wildman–Crippen LogP) is 11.4. The van der Waals surface area contributed by atoms with Crippen LogP contribution < -0.4 is 5.73 Å². The molecule has 0 aromatic rings. The molecule has 0 saturated heterocycles. The molecule has 2 atom stereocenters. The summed E-state index contributed by atoms with van der Waals surface area (Å²) in [6, 6.07) is 0. The second-order valence-corrected chi connectivity index (χ2v) is 15.4. The molecule has 0 fully saturated rings. The maximum Gasteiger partial charge on any atom is 0.472 e. The average Bonchev–Trinajstić information content (AvgIpc) is 3.10. The fourth-order valence-electron chi connectivity index (χ4n) is 5.97. The van der Waals surface area contributed by atoms with Crippen molar-refractivity contribution in [2.24, 2.45) is 5.73 Å². The summed E-state index contributed by atoms with van der Waals surface area (Å²) < 4.78 is 32.7. The van der Waals surface area contributed by atoms with Gasteiger partial charge < -0.3 is 20.1 Å². The summed E-state index contributed by atoms with van der Waals surface area (Å²) in [6.07, 6.45) is 35.6. The minimum atomic E-state index is -4.37. The third-order valence-electron chi connectivity index (χ3n) is 9.05. The zero-order valence-electron chi connectivity index (χ0n) is 32.2. The molecule has 0 amide bonds. The molecule has 50 heavy (non-hydrogen) atoms. The summed E-state index contributed by atoms with van der Waals surface area (Å²) in [7, 11) is -4.37. The molecule has 0 rings (SSSR count).